The molecule has 218 valence electrons. The molecule has 2 unspecified atom stereocenters. The zero-order valence-electron chi connectivity index (χ0n) is 23.1. The third-order valence-electron chi connectivity index (χ3n) is 7.27. The van der Waals surface area contributed by atoms with Crippen LogP contribution in [0.5, 0.6) is 0 Å². The van der Waals surface area contributed by atoms with Crippen LogP contribution in [0.1, 0.15) is 24.7 Å². The number of likely N-dealkylation sites (N-methyl/N-ethyl adjacent to an activating group) is 1. The van der Waals surface area contributed by atoms with Crippen LogP contribution in [0.15, 0.2) is 52.4 Å². The van der Waals surface area contributed by atoms with E-state index >= 15 is 0 Å². The van der Waals surface area contributed by atoms with E-state index in [1.54, 1.807) is 20.0 Å². The highest BCUT2D eigenvalue weighted by atomic mass is 19.4. The zero-order chi connectivity index (χ0) is 29.6. The molecule has 0 saturated carbocycles. The van der Waals surface area contributed by atoms with Crippen molar-refractivity contribution >= 4 is 39.8 Å². The summed E-state index contributed by atoms with van der Waals surface area (Å²) in [4.78, 5) is 29.0. The number of nitrogens with one attached hydrogen (secondary N) is 2. The maximum Gasteiger partial charge on any atom is 0.406 e. The number of fused-ring (bicyclic) bond motifs is 1. The molecule has 2 aliphatic heterocycles. The van der Waals surface area contributed by atoms with Gasteiger partial charge in [0.1, 0.15) is 17.9 Å². The van der Waals surface area contributed by atoms with Gasteiger partial charge in [-0.3, -0.25) is 9.36 Å². The van der Waals surface area contributed by atoms with Crippen molar-refractivity contribution in [3.63, 3.8) is 0 Å². The van der Waals surface area contributed by atoms with Crippen LogP contribution in [0, 0.1) is 5.92 Å². The molecule has 6 rings (SSSR count). The van der Waals surface area contributed by atoms with E-state index < -0.39 is 18.3 Å². The summed E-state index contributed by atoms with van der Waals surface area (Å²) in [5.74, 6) is 0.0753. The lowest BCUT2D eigenvalue weighted by atomic mass is 10.00. The first-order chi connectivity index (χ1) is 20.0. The SMILES string of the molecule is CC1C=C(c2nnnn2C)N=C1c1cc2cnc(Nc3ccc(NC4CCN(C)C4)cc3)nc2n(CC(F)(F)F)c1=O. The van der Waals surface area contributed by atoms with Gasteiger partial charge in [0.05, 0.1) is 11.3 Å². The lowest BCUT2D eigenvalue weighted by molar-refractivity contribution is -0.140. The number of likely N-dealkylation sites (tertiary alicyclic amines) is 1. The summed E-state index contributed by atoms with van der Waals surface area (Å²) >= 11 is 0. The second-order valence-corrected chi connectivity index (χ2v) is 10.6. The molecule has 0 radical (unpaired) electrons. The average Bonchev–Trinajstić information content (AvgIpc) is 3.66. The monoisotopic (exact) mass is 579 g/mol. The molecule has 0 aliphatic carbocycles. The number of tetrazole rings is 1. The normalized spacial score (nSPS) is 19.3. The Labute approximate surface area is 238 Å². The van der Waals surface area contributed by atoms with Crippen LogP contribution in [0.25, 0.3) is 16.7 Å². The largest absolute Gasteiger partial charge is 0.406 e. The van der Waals surface area contributed by atoms with Gasteiger partial charge in [-0.15, -0.1) is 5.10 Å². The summed E-state index contributed by atoms with van der Waals surface area (Å²) in [6.07, 6.45) is -0.448. The fourth-order valence-corrected chi connectivity index (χ4v) is 5.26. The number of alkyl halides is 3. The third kappa shape index (κ3) is 5.59. The Bertz CT molecular complexity index is 1760. The third-order valence-corrected chi connectivity index (χ3v) is 7.27. The van der Waals surface area contributed by atoms with E-state index in [9.17, 15) is 18.0 Å². The van der Waals surface area contributed by atoms with Crippen molar-refractivity contribution in [1.82, 2.24) is 39.6 Å². The van der Waals surface area contributed by atoms with Crippen molar-refractivity contribution < 1.29 is 13.2 Å². The Morgan fingerprint density at radius 1 is 1.12 bits per heavy atom. The average molecular weight is 580 g/mol. The van der Waals surface area contributed by atoms with Gasteiger partial charge < -0.3 is 15.5 Å². The minimum Gasteiger partial charge on any atom is -0.381 e. The molecule has 12 nitrogen and oxygen atoms in total. The Balaban J connectivity index is 1.32. The maximum atomic E-state index is 13.7. The van der Waals surface area contributed by atoms with Crippen molar-refractivity contribution in [2.75, 3.05) is 30.8 Å². The summed E-state index contributed by atoms with van der Waals surface area (Å²) in [5, 5.41) is 18.1. The quantitative estimate of drug-likeness (QED) is 0.339. The molecule has 15 heteroatoms. The van der Waals surface area contributed by atoms with Crippen LogP contribution >= 0.6 is 0 Å². The van der Waals surface area contributed by atoms with Crippen molar-refractivity contribution in [2.24, 2.45) is 18.0 Å². The molecule has 0 bridgehead atoms. The summed E-state index contributed by atoms with van der Waals surface area (Å²) in [5.41, 5.74) is 1.39. The van der Waals surface area contributed by atoms with Gasteiger partial charge in [-0.1, -0.05) is 6.92 Å². The van der Waals surface area contributed by atoms with Gasteiger partial charge in [-0.2, -0.15) is 18.2 Å². The smallest absolute Gasteiger partial charge is 0.381 e. The fraction of sp³-hybridized carbons (Fsp3) is 0.370. The van der Waals surface area contributed by atoms with E-state index in [0.717, 1.165) is 25.2 Å². The molecule has 1 aromatic carbocycles. The standard InChI is InChI=1S/C27H28F3N11O/c1-15-10-21(24-36-37-38-40(24)3)34-22(15)20-11-16-12-31-26(35-23(16)41(25(20)42)14-27(28,29)30)33-18-6-4-17(5-7-18)32-19-8-9-39(2)13-19/h4-7,10-12,15,19,32H,8-9,13-14H2,1-3H3,(H,31,33,35). The molecule has 0 spiro atoms. The van der Waals surface area contributed by atoms with Crippen LogP contribution < -0.4 is 16.2 Å². The van der Waals surface area contributed by atoms with Crippen LogP contribution in [-0.2, 0) is 13.6 Å². The van der Waals surface area contributed by atoms with Crippen molar-refractivity contribution in [2.45, 2.75) is 32.1 Å². The lowest BCUT2D eigenvalue weighted by Crippen LogP contribution is -2.33. The number of benzene rings is 1. The number of hydrogen-bond donors (Lipinski definition) is 2. The Morgan fingerprint density at radius 3 is 2.55 bits per heavy atom. The van der Waals surface area contributed by atoms with Crippen molar-refractivity contribution in [3.8, 4) is 0 Å². The molecule has 1 fully saturated rings. The highest BCUT2D eigenvalue weighted by Crippen LogP contribution is 2.28. The summed E-state index contributed by atoms with van der Waals surface area (Å²) < 4.78 is 43.1. The Hall–Kier alpha value is -4.66. The number of nitrogens with zero attached hydrogens (tertiary/aromatic N) is 9. The van der Waals surface area contributed by atoms with E-state index in [2.05, 4.69) is 53.1 Å². The summed E-state index contributed by atoms with van der Waals surface area (Å²) in [7, 11) is 3.73. The number of aryl methyl sites for hydroxylation is 1. The first-order valence-corrected chi connectivity index (χ1v) is 13.4. The number of anilines is 3. The van der Waals surface area contributed by atoms with Gasteiger partial charge in [-0.05, 0) is 66.8 Å². The van der Waals surface area contributed by atoms with Gasteiger partial charge >= 0.3 is 6.18 Å². The minimum atomic E-state index is -4.66. The first kappa shape index (κ1) is 27.5. The van der Waals surface area contributed by atoms with Crippen LogP contribution in [-0.4, -0.2) is 77.7 Å². The second-order valence-electron chi connectivity index (χ2n) is 10.6. The van der Waals surface area contributed by atoms with E-state index in [-0.39, 0.29) is 28.5 Å². The lowest BCUT2D eigenvalue weighted by Gasteiger charge is -2.16. The Kier molecular flexibility index (Phi) is 6.96. The van der Waals surface area contributed by atoms with Crippen molar-refractivity contribution in [3.05, 3.63) is 64.3 Å². The van der Waals surface area contributed by atoms with E-state index in [1.807, 2.05) is 24.3 Å². The molecule has 2 atom stereocenters. The van der Waals surface area contributed by atoms with E-state index in [4.69, 9.17) is 0 Å². The zero-order valence-corrected chi connectivity index (χ0v) is 23.1. The molecular formula is C27H28F3N11O. The fourth-order valence-electron chi connectivity index (χ4n) is 5.26. The van der Waals surface area contributed by atoms with Crippen LogP contribution in [0.4, 0.5) is 30.5 Å². The van der Waals surface area contributed by atoms with E-state index in [1.165, 1.54) is 16.9 Å². The molecule has 2 N–H and O–H groups in total. The topological polar surface area (TPSA) is 131 Å². The predicted octanol–water partition coefficient (Wildman–Crippen LogP) is 3.22. The van der Waals surface area contributed by atoms with Gasteiger partial charge in [0, 0.05) is 48.5 Å². The van der Waals surface area contributed by atoms with Gasteiger partial charge in [0.25, 0.3) is 5.56 Å². The Morgan fingerprint density at radius 2 is 1.88 bits per heavy atom. The van der Waals surface area contributed by atoms with Gasteiger partial charge in [0.2, 0.25) is 5.95 Å². The number of hydrogen-bond acceptors (Lipinski definition) is 10. The van der Waals surface area contributed by atoms with Gasteiger partial charge in [-0.25, -0.2) is 14.7 Å². The number of aromatic nitrogens is 7. The number of pyridine rings is 1. The molecule has 5 heterocycles. The predicted molar refractivity (Wildman–Crippen MR) is 152 cm³/mol. The van der Waals surface area contributed by atoms with E-state index in [0.29, 0.717) is 33.5 Å². The highest BCUT2D eigenvalue weighted by Gasteiger charge is 2.32. The summed E-state index contributed by atoms with van der Waals surface area (Å²) in [6, 6.07) is 9.34. The molecule has 1 saturated heterocycles. The molecule has 42 heavy (non-hydrogen) atoms. The maximum absolute atomic E-state index is 13.7. The van der Waals surface area contributed by atoms with Gasteiger partial charge in [0.15, 0.2) is 5.82 Å². The highest BCUT2D eigenvalue weighted by molar-refractivity contribution is 6.09. The number of rotatable bonds is 7. The second kappa shape index (κ2) is 10.6. The molecule has 3 aromatic heterocycles. The van der Waals surface area contributed by atoms with Crippen molar-refractivity contribution in [1.29, 1.82) is 0 Å². The molecule has 0 amide bonds. The first-order valence-electron chi connectivity index (χ1n) is 13.4. The van der Waals surface area contributed by atoms with Crippen LogP contribution in [0.2, 0.25) is 0 Å². The minimum absolute atomic E-state index is 0.0291. The number of halogens is 3. The number of allylic oxidation sites excluding steroid dienone is 1. The molecular weight excluding hydrogens is 551 g/mol. The summed E-state index contributed by atoms with van der Waals surface area (Å²) in [6.45, 7) is 2.29. The molecule has 2 aliphatic rings. The van der Waals surface area contributed by atoms with Crippen LogP contribution in [0.3, 0.4) is 0 Å². The molecule has 4 aromatic rings. The number of aliphatic imine (C=N–C) groups is 1.